The number of furan rings is 2. The molecule has 7 nitrogen and oxygen atoms in total. The molecule has 0 saturated carbocycles. The van der Waals surface area contributed by atoms with Gasteiger partial charge in [-0.15, -0.1) is 11.3 Å². The van der Waals surface area contributed by atoms with E-state index in [9.17, 15) is 0 Å². The lowest BCUT2D eigenvalue weighted by Crippen LogP contribution is -2.00. The van der Waals surface area contributed by atoms with Crippen LogP contribution in [0.1, 0.15) is 0 Å². The minimum Gasteiger partial charge on any atom is -0.455 e. The molecular weight excluding hydrogens is 723 g/mol. The van der Waals surface area contributed by atoms with E-state index in [0.717, 1.165) is 86.5 Å². The fourth-order valence-electron chi connectivity index (χ4n) is 7.97. The van der Waals surface area contributed by atoms with Gasteiger partial charge in [-0.1, -0.05) is 133 Å². The first-order chi connectivity index (χ1) is 28.2. The summed E-state index contributed by atoms with van der Waals surface area (Å²) >= 11 is 1.70. The molecule has 0 radical (unpaired) electrons. The van der Waals surface area contributed by atoms with Gasteiger partial charge in [0, 0.05) is 53.9 Å². The van der Waals surface area contributed by atoms with E-state index in [-0.39, 0.29) is 0 Å². The summed E-state index contributed by atoms with van der Waals surface area (Å²) in [5.41, 5.74) is 9.13. The van der Waals surface area contributed by atoms with Gasteiger partial charge in [0.1, 0.15) is 22.3 Å². The molecule has 8 heteroatoms. The summed E-state index contributed by atoms with van der Waals surface area (Å²) in [6, 6.07) is 55.1. The Morgan fingerprint density at radius 1 is 0.368 bits per heavy atom. The van der Waals surface area contributed by atoms with Crippen LogP contribution in [-0.2, 0) is 0 Å². The highest BCUT2D eigenvalue weighted by molar-refractivity contribution is 7.26. The number of nitrogens with zero attached hydrogens (tertiary/aromatic N) is 5. The second kappa shape index (κ2) is 12.5. The van der Waals surface area contributed by atoms with Gasteiger partial charge < -0.3 is 8.83 Å². The van der Waals surface area contributed by atoms with E-state index in [2.05, 4.69) is 60.7 Å². The van der Waals surface area contributed by atoms with Crippen molar-refractivity contribution in [2.24, 2.45) is 0 Å². The quantitative estimate of drug-likeness (QED) is 0.173. The first-order valence-electron chi connectivity index (χ1n) is 18.7. The molecular formula is C49H27N5O2S. The van der Waals surface area contributed by atoms with Crippen LogP contribution in [0.5, 0.6) is 0 Å². The number of hydrogen-bond acceptors (Lipinski definition) is 8. The third-order valence-electron chi connectivity index (χ3n) is 10.6. The van der Waals surface area contributed by atoms with Crippen LogP contribution in [0, 0.1) is 0 Å². The van der Waals surface area contributed by atoms with Gasteiger partial charge in [0.15, 0.2) is 23.3 Å². The predicted molar refractivity (Wildman–Crippen MR) is 230 cm³/mol. The number of para-hydroxylation sites is 3. The number of fused-ring (bicyclic) bond motifs is 9. The third-order valence-corrected chi connectivity index (χ3v) is 11.7. The van der Waals surface area contributed by atoms with Gasteiger partial charge in [-0.25, -0.2) is 24.9 Å². The highest BCUT2D eigenvalue weighted by Gasteiger charge is 2.24. The zero-order valence-electron chi connectivity index (χ0n) is 30.0. The first-order valence-corrected chi connectivity index (χ1v) is 19.5. The average molecular weight is 750 g/mol. The average Bonchev–Trinajstić information content (AvgIpc) is 3.98. The van der Waals surface area contributed by atoms with Gasteiger partial charge in [-0.2, -0.15) is 0 Å². The Morgan fingerprint density at radius 2 is 0.912 bits per heavy atom. The van der Waals surface area contributed by atoms with E-state index in [1.807, 2.05) is 103 Å². The molecule has 0 unspecified atom stereocenters. The van der Waals surface area contributed by atoms with E-state index in [1.165, 1.54) is 0 Å². The normalized spacial score (nSPS) is 11.9. The van der Waals surface area contributed by atoms with Crippen LogP contribution in [0.2, 0.25) is 0 Å². The van der Waals surface area contributed by atoms with Gasteiger partial charge in [-0.3, -0.25) is 0 Å². The van der Waals surface area contributed by atoms with Gasteiger partial charge in [0.25, 0.3) is 0 Å². The van der Waals surface area contributed by atoms with E-state index < -0.39 is 0 Å². The van der Waals surface area contributed by atoms with E-state index >= 15 is 0 Å². The van der Waals surface area contributed by atoms with Crippen molar-refractivity contribution in [3.05, 3.63) is 164 Å². The molecule has 7 aromatic carbocycles. The second-order valence-corrected chi connectivity index (χ2v) is 15.0. The first kappa shape index (κ1) is 31.8. The molecule has 0 spiro atoms. The zero-order chi connectivity index (χ0) is 37.5. The Morgan fingerprint density at radius 3 is 1.70 bits per heavy atom. The summed E-state index contributed by atoms with van der Waals surface area (Å²) in [6.07, 6.45) is 0. The fourth-order valence-corrected chi connectivity index (χ4v) is 9.11. The van der Waals surface area contributed by atoms with Crippen LogP contribution in [0.25, 0.3) is 121 Å². The summed E-state index contributed by atoms with van der Waals surface area (Å²) in [4.78, 5) is 25.8. The van der Waals surface area contributed by atoms with E-state index in [0.29, 0.717) is 34.5 Å². The summed E-state index contributed by atoms with van der Waals surface area (Å²) in [5, 5.41) is 5.03. The number of rotatable bonds is 5. The smallest absolute Gasteiger partial charge is 0.164 e. The molecule has 0 N–H and O–H groups in total. The molecule has 266 valence electrons. The molecule has 12 rings (SSSR count). The zero-order valence-corrected chi connectivity index (χ0v) is 30.9. The number of benzene rings is 7. The summed E-state index contributed by atoms with van der Waals surface area (Å²) < 4.78 is 15.5. The minimum atomic E-state index is 0.560. The number of hydrogen-bond donors (Lipinski definition) is 0. The Kier molecular flexibility index (Phi) is 6.96. The summed E-state index contributed by atoms with van der Waals surface area (Å²) in [5.74, 6) is 2.33. The molecule has 12 aromatic rings. The van der Waals surface area contributed by atoms with E-state index in [1.54, 1.807) is 11.3 Å². The molecule has 0 atom stereocenters. The van der Waals surface area contributed by atoms with Crippen molar-refractivity contribution in [3.63, 3.8) is 0 Å². The molecule has 0 bridgehead atoms. The maximum atomic E-state index is 6.80. The van der Waals surface area contributed by atoms with Crippen molar-refractivity contribution in [2.45, 2.75) is 0 Å². The molecule has 0 saturated heterocycles. The standard InChI is InChI=1S/C49H27N5O2S/c1-3-14-28(15-4-1)46-52-47(29-16-5-2-6-17-29)54-48(53-46)34-22-13-26-38-40(34)33-21-12-24-36(44(33)56-38)49-50-41-32-19-8-10-27-39(32)57-45(41)42(51-49)35-23-11-20-31-30-18-7-9-25-37(30)55-43(31)35/h1-27H. The summed E-state index contributed by atoms with van der Waals surface area (Å²) in [7, 11) is 0. The molecule has 0 aliphatic carbocycles. The fraction of sp³-hybridized carbons (Fsp3) is 0. The lowest BCUT2D eigenvalue weighted by atomic mass is 10.0. The minimum absolute atomic E-state index is 0.560. The largest absolute Gasteiger partial charge is 0.455 e. The van der Waals surface area contributed by atoms with Gasteiger partial charge >= 0.3 is 0 Å². The third kappa shape index (κ3) is 5.01. The van der Waals surface area contributed by atoms with Crippen molar-refractivity contribution >= 4 is 75.5 Å². The van der Waals surface area contributed by atoms with Crippen LogP contribution in [0.4, 0.5) is 0 Å². The molecule has 0 aliphatic rings. The van der Waals surface area contributed by atoms with Crippen molar-refractivity contribution in [3.8, 4) is 56.8 Å². The van der Waals surface area contributed by atoms with Crippen LogP contribution < -0.4 is 0 Å². The maximum Gasteiger partial charge on any atom is 0.164 e. The van der Waals surface area contributed by atoms with Crippen LogP contribution in [0.3, 0.4) is 0 Å². The summed E-state index contributed by atoms with van der Waals surface area (Å²) in [6.45, 7) is 0. The Hall–Kier alpha value is -7.55. The Bertz CT molecular complexity index is 3480. The van der Waals surface area contributed by atoms with Crippen molar-refractivity contribution in [1.29, 1.82) is 0 Å². The van der Waals surface area contributed by atoms with Gasteiger partial charge in [0.05, 0.1) is 21.5 Å². The second-order valence-electron chi connectivity index (χ2n) is 14.0. The Balaban J connectivity index is 1.10. The highest BCUT2D eigenvalue weighted by atomic mass is 32.1. The van der Waals surface area contributed by atoms with Gasteiger partial charge in [-0.05, 0) is 30.3 Å². The van der Waals surface area contributed by atoms with Crippen LogP contribution >= 0.6 is 11.3 Å². The SMILES string of the molecule is c1ccc(-c2nc(-c3ccccc3)nc(-c3cccc4oc5c(-c6nc(-c7cccc8c7oc7ccccc78)c7sc8ccccc8c7n6)cccc5c34)n2)cc1. The van der Waals surface area contributed by atoms with Crippen molar-refractivity contribution in [1.82, 2.24) is 24.9 Å². The molecule has 0 fully saturated rings. The Labute approximate surface area is 328 Å². The molecule has 0 aliphatic heterocycles. The number of thiophene rings is 1. The molecule has 0 amide bonds. The molecule has 5 heterocycles. The van der Waals surface area contributed by atoms with Crippen molar-refractivity contribution in [2.75, 3.05) is 0 Å². The lowest BCUT2D eigenvalue weighted by molar-refractivity contribution is 0.669. The number of aromatic nitrogens is 5. The van der Waals surface area contributed by atoms with Gasteiger partial charge in [0.2, 0.25) is 0 Å². The van der Waals surface area contributed by atoms with Crippen LogP contribution in [0.15, 0.2) is 173 Å². The van der Waals surface area contributed by atoms with E-state index in [4.69, 9.17) is 33.8 Å². The maximum absolute atomic E-state index is 6.80. The molecule has 57 heavy (non-hydrogen) atoms. The topological polar surface area (TPSA) is 90.7 Å². The molecule has 5 aromatic heterocycles. The predicted octanol–water partition coefficient (Wildman–Crippen LogP) is 13.2. The van der Waals surface area contributed by atoms with Crippen LogP contribution in [-0.4, -0.2) is 24.9 Å². The lowest BCUT2D eigenvalue weighted by Gasteiger charge is -2.09. The monoisotopic (exact) mass is 749 g/mol. The van der Waals surface area contributed by atoms with Crippen molar-refractivity contribution < 1.29 is 8.83 Å². The highest BCUT2D eigenvalue weighted by Crippen LogP contribution is 2.45.